The van der Waals surface area contributed by atoms with Crippen molar-refractivity contribution in [3.05, 3.63) is 16.1 Å². The van der Waals surface area contributed by atoms with Gasteiger partial charge in [0.05, 0.1) is 6.54 Å². The molecule has 1 aliphatic rings. The lowest BCUT2D eigenvalue weighted by atomic mass is 10.1. The highest BCUT2D eigenvalue weighted by atomic mass is 32.1. The fraction of sp³-hybridized carbons (Fsp3) is 0.545. The predicted octanol–water partition coefficient (Wildman–Crippen LogP) is 1.44. The van der Waals surface area contributed by atoms with Gasteiger partial charge in [-0.15, -0.1) is 11.3 Å². The third-order valence-electron chi connectivity index (χ3n) is 2.95. The molecule has 3 N–H and O–H groups in total. The lowest BCUT2D eigenvalue weighted by Gasteiger charge is -2.10. The average Bonchev–Trinajstić information content (AvgIpc) is 2.89. The first-order valence-corrected chi connectivity index (χ1v) is 6.56. The van der Waals surface area contributed by atoms with Gasteiger partial charge in [0.15, 0.2) is 5.69 Å². The molecule has 1 saturated carbocycles. The highest BCUT2D eigenvalue weighted by Gasteiger charge is 2.37. The van der Waals surface area contributed by atoms with Crippen molar-refractivity contribution in [2.75, 3.05) is 6.54 Å². The number of carbonyl (C=O) groups excluding carboxylic acids is 1. The Kier molecular flexibility index (Phi) is 3.51. The topological polar surface area (TPSA) is 91.3 Å². The summed E-state index contributed by atoms with van der Waals surface area (Å²) in [4.78, 5) is 26.0. The van der Waals surface area contributed by atoms with Gasteiger partial charge in [-0.3, -0.25) is 0 Å². The normalized spacial score (nSPS) is 16.1. The summed E-state index contributed by atoms with van der Waals surface area (Å²) in [5.41, 5.74) is 0.289. The molecule has 1 heterocycles. The monoisotopic (exact) mass is 269 g/mol. The van der Waals surface area contributed by atoms with Crippen molar-refractivity contribution < 1.29 is 14.7 Å². The molecule has 1 fully saturated rings. The molecule has 0 spiro atoms. The van der Waals surface area contributed by atoms with Crippen molar-refractivity contribution in [1.29, 1.82) is 0 Å². The van der Waals surface area contributed by atoms with Crippen molar-refractivity contribution in [3.63, 3.8) is 0 Å². The van der Waals surface area contributed by atoms with E-state index < -0.39 is 5.97 Å². The zero-order valence-electron chi connectivity index (χ0n) is 10.0. The molecule has 1 aromatic heterocycles. The zero-order valence-corrected chi connectivity index (χ0v) is 10.8. The number of amides is 2. The lowest BCUT2D eigenvalue weighted by molar-refractivity contribution is 0.0691. The van der Waals surface area contributed by atoms with E-state index in [1.54, 1.807) is 0 Å². The van der Waals surface area contributed by atoms with Crippen molar-refractivity contribution in [3.8, 4) is 0 Å². The largest absolute Gasteiger partial charge is 0.476 e. The van der Waals surface area contributed by atoms with Gasteiger partial charge >= 0.3 is 12.0 Å². The lowest BCUT2D eigenvalue weighted by Crippen LogP contribution is -2.37. The molecule has 0 aliphatic heterocycles. The fourth-order valence-electron chi connectivity index (χ4n) is 1.39. The maximum Gasteiger partial charge on any atom is 0.355 e. The molecule has 0 bridgehead atoms. The molecular formula is C11H15N3O3S. The number of nitrogens with zero attached hydrogens (tertiary/aromatic N) is 1. The standard InChI is InChI=1S/C11H15N3O3S/c1-11(2-3-11)6-13-10(17)12-4-8-14-7(5-18-8)9(15)16/h5H,2-4,6H2,1H3,(H,15,16)(H2,12,13,17). The number of carboxylic acids is 1. The highest BCUT2D eigenvalue weighted by molar-refractivity contribution is 7.09. The highest BCUT2D eigenvalue weighted by Crippen LogP contribution is 2.43. The number of urea groups is 1. The molecule has 18 heavy (non-hydrogen) atoms. The molecule has 0 radical (unpaired) electrons. The van der Waals surface area contributed by atoms with Gasteiger partial charge in [-0.2, -0.15) is 0 Å². The summed E-state index contributed by atoms with van der Waals surface area (Å²) in [7, 11) is 0. The summed E-state index contributed by atoms with van der Waals surface area (Å²) >= 11 is 1.22. The van der Waals surface area contributed by atoms with E-state index in [-0.39, 0.29) is 23.7 Å². The Morgan fingerprint density at radius 3 is 2.78 bits per heavy atom. The van der Waals surface area contributed by atoms with Crippen molar-refractivity contribution in [2.45, 2.75) is 26.3 Å². The van der Waals surface area contributed by atoms with Crippen LogP contribution in [0.1, 0.15) is 35.3 Å². The number of carboxylic acid groups (broad SMARTS) is 1. The van der Waals surface area contributed by atoms with E-state index in [9.17, 15) is 9.59 Å². The van der Waals surface area contributed by atoms with E-state index in [0.717, 1.165) is 12.8 Å². The van der Waals surface area contributed by atoms with Gasteiger partial charge in [0.25, 0.3) is 0 Å². The minimum Gasteiger partial charge on any atom is -0.476 e. The molecule has 0 aromatic carbocycles. The van der Waals surface area contributed by atoms with Crippen LogP contribution in [0.2, 0.25) is 0 Å². The number of carbonyl (C=O) groups is 2. The minimum absolute atomic E-state index is 0.0164. The molecule has 7 heteroatoms. The Balaban J connectivity index is 1.72. The zero-order chi connectivity index (χ0) is 13.2. The van der Waals surface area contributed by atoms with E-state index in [1.165, 1.54) is 16.7 Å². The molecule has 6 nitrogen and oxygen atoms in total. The third-order valence-corrected chi connectivity index (χ3v) is 3.80. The summed E-state index contributed by atoms with van der Waals surface area (Å²) in [6, 6.07) is -0.241. The summed E-state index contributed by atoms with van der Waals surface area (Å²) in [5.74, 6) is -1.05. The Morgan fingerprint density at radius 2 is 2.22 bits per heavy atom. The Morgan fingerprint density at radius 1 is 1.50 bits per heavy atom. The van der Waals surface area contributed by atoms with Crippen molar-refractivity contribution >= 4 is 23.3 Å². The molecule has 2 amide bonds. The van der Waals surface area contributed by atoms with Crippen LogP contribution < -0.4 is 10.6 Å². The molecule has 1 aromatic rings. The number of nitrogens with one attached hydrogen (secondary N) is 2. The second kappa shape index (κ2) is 4.93. The number of hydrogen-bond donors (Lipinski definition) is 3. The van der Waals surface area contributed by atoms with Crippen LogP contribution >= 0.6 is 11.3 Å². The van der Waals surface area contributed by atoms with Crippen LogP contribution in [0.25, 0.3) is 0 Å². The van der Waals surface area contributed by atoms with Gasteiger partial charge in [0.1, 0.15) is 5.01 Å². The molecule has 2 rings (SSSR count). The summed E-state index contributed by atoms with van der Waals surface area (Å²) < 4.78 is 0. The van der Waals surface area contributed by atoms with Gasteiger partial charge in [0.2, 0.25) is 0 Å². The van der Waals surface area contributed by atoms with Gasteiger partial charge in [-0.05, 0) is 18.3 Å². The summed E-state index contributed by atoms with van der Waals surface area (Å²) in [6.45, 7) is 3.06. The number of aromatic carboxylic acids is 1. The predicted molar refractivity (Wildman–Crippen MR) is 66.7 cm³/mol. The van der Waals surface area contributed by atoms with Crippen LogP contribution in [-0.4, -0.2) is 28.6 Å². The maximum atomic E-state index is 11.5. The third kappa shape index (κ3) is 3.43. The Hall–Kier alpha value is -1.63. The Bertz CT molecular complexity index is 468. The molecule has 0 atom stereocenters. The summed E-state index contributed by atoms with van der Waals surface area (Å²) in [5, 5.41) is 16.2. The smallest absolute Gasteiger partial charge is 0.355 e. The second-order valence-corrected chi connectivity index (χ2v) is 5.72. The second-order valence-electron chi connectivity index (χ2n) is 4.78. The molecule has 0 saturated heterocycles. The molecule has 0 unspecified atom stereocenters. The number of thiazole rings is 1. The average molecular weight is 269 g/mol. The van der Waals surface area contributed by atoms with E-state index in [0.29, 0.717) is 11.6 Å². The summed E-state index contributed by atoms with van der Waals surface area (Å²) in [6.07, 6.45) is 2.31. The van der Waals surface area contributed by atoms with Crippen molar-refractivity contribution in [1.82, 2.24) is 15.6 Å². The van der Waals surface area contributed by atoms with E-state index in [1.807, 2.05) is 0 Å². The van der Waals surface area contributed by atoms with Gasteiger partial charge in [-0.25, -0.2) is 14.6 Å². The number of rotatable bonds is 5. The first-order valence-electron chi connectivity index (χ1n) is 5.68. The van der Waals surface area contributed by atoms with Crippen LogP contribution in [0.5, 0.6) is 0 Å². The SMILES string of the molecule is CC1(CNC(=O)NCc2nc(C(=O)O)cs2)CC1. The van der Waals surface area contributed by atoms with Gasteiger partial charge in [0, 0.05) is 11.9 Å². The fourth-order valence-corrected chi connectivity index (χ4v) is 2.10. The van der Waals surface area contributed by atoms with E-state index in [2.05, 4.69) is 22.5 Å². The van der Waals surface area contributed by atoms with Gasteiger partial charge in [-0.1, -0.05) is 6.92 Å². The van der Waals surface area contributed by atoms with Crippen molar-refractivity contribution in [2.24, 2.45) is 5.41 Å². The first-order chi connectivity index (χ1) is 8.48. The quantitative estimate of drug-likeness (QED) is 0.754. The first kappa shape index (κ1) is 12.8. The van der Waals surface area contributed by atoms with Crippen LogP contribution in [0.3, 0.4) is 0 Å². The van der Waals surface area contributed by atoms with Crippen LogP contribution in [0.15, 0.2) is 5.38 Å². The molecule has 1 aliphatic carbocycles. The van der Waals surface area contributed by atoms with E-state index >= 15 is 0 Å². The number of aromatic nitrogens is 1. The van der Waals surface area contributed by atoms with E-state index in [4.69, 9.17) is 5.11 Å². The Labute approximate surface area is 108 Å². The minimum atomic E-state index is -1.05. The molecular weight excluding hydrogens is 254 g/mol. The maximum absolute atomic E-state index is 11.5. The van der Waals surface area contributed by atoms with Crippen LogP contribution in [-0.2, 0) is 6.54 Å². The van der Waals surface area contributed by atoms with Gasteiger partial charge < -0.3 is 15.7 Å². The van der Waals surface area contributed by atoms with Crippen LogP contribution in [0, 0.1) is 5.41 Å². The number of hydrogen-bond acceptors (Lipinski definition) is 4. The molecule has 98 valence electrons. The van der Waals surface area contributed by atoms with Crippen LogP contribution in [0.4, 0.5) is 4.79 Å².